The number of carbonyl (C=O) groups excluding carboxylic acids is 2. The summed E-state index contributed by atoms with van der Waals surface area (Å²) in [4.78, 5) is 26.3. The summed E-state index contributed by atoms with van der Waals surface area (Å²) in [5, 5.41) is 6.28. The van der Waals surface area contributed by atoms with Crippen LogP contribution in [0.2, 0.25) is 5.02 Å². The molecule has 0 unspecified atom stereocenters. The van der Waals surface area contributed by atoms with Crippen LogP contribution in [0, 0.1) is 0 Å². The average molecular weight is 344 g/mol. The first-order valence-corrected chi connectivity index (χ1v) is 8.10. The van der Waals surface area contributed by atoms with E-state index in [1.165, 1.54) is 4.90 Å². The summed E-state index contributed by atoms with van der Waals surface area (Å²) in [5.74, 6) is -0.172. The highest BCUT2D eigenvalue weighted by molar-refractivity contribution is 6.30. The van der Waals surface area contributed by atoms with Gasteiger partial charge in [0.2, 0.25) is 5.91 Å². The van der Waals surface area contributed by atoms with E-state index >= 15 is 0 Å². The number of para-hydroxylation sites is 1. The highest BCUT2D eigenvalue weighted by atomic mass is 35.5. The van der Waals surface area contributed by atoms with Crippen molar-refractivity contribution >= 4 is 34.9 Å². The number of hydrogen-bond donors (Lipinski definition) is 2. The highest BCUT2D eigenvalue weighted by Gasteiger charge is 2.29. The van der Waals surface area contributed by atoms with Gasteiger partial charge in [0.15, 0.2) is 0 Å². The Labute approximate surface area is 145 Å². The topological polar surface area (TPSA) is 61.4 Å². The monoisotopic (exact) mass is 343 g/mol. The second kappa shape index (κ2) is 6.93. The van der Waals surface area contributed by atoms with Crippen LogP contribution in [-0.4, -0.2) is 29.9 Å². The van der Waals surface area contributed by atoms with E-state index < -0.39 is 6.04 Å². The molecule has 2 N–H and O–H groups in total. The Balaban J connectivity index is 1.70. The van der Waals surface area contributed by atoms with Crippen LogP contribution in [0.3, 0.4) is 0 Å². The van der Waals surface area contributed by atoms with Crippen molar-refractivity contribution in [2.24, 2.45) is 0 Å². The third-order valence-corrected chi connectivity index (χ3v) is 4.40. The van der Waals surface area contributed by atoms with Crippen molar-refractivity contribution in [3.63, 3.8) is 0 Å². The molecule has 3 rings (SSSR count). The zero-order valence-corrected chi connectivity index (χ0v) is 14.0. The second-order valence-electron chi connectivity index (χ2n) is 5.75. The minimum absolute atomic E-state index is 0.172. The Morgan fingerprint density at radius 3 is 2.67 bits per heavy atom. The van der Waals surface area contributed by atoms with E-state index in [1.54, 1.807) is 31.3 Å². The van der Waals surface area contributed by atoms with Crippen LogP contribution in [-0.2, 0) is 11.2 Å². The Hall–Kier alpha value is -2.53. The van der Waals surface area contributed by atoms with Crippen molar-refractivity contribution in [3.8, 4) is 0 Å². The maximum absolute atomic E-state index is 12.5. The quantitative estimate of drug-likeness (QED) is 0.872. The van der Waals surface area contributed by atoms with E-state index in [4.69, 9.17) is 11.6 Å². The summed E-state index contributed by atoms with van der Waals surface area (Å²) >= 11 is 5.84. The van der Waals surface area contributed by atoms with Gasteiger partial charge in [-0.2, -0.15) is 0 Å². The van der Waals surface area contributed by atoms with Gasteiger partial charge in [-0.25, -0.2) is 4.79 Å². The third kappa shape index (κ3) is 3.51. The molecule has 5 nitrogen and oxygen atoms in total. The number of hydrogen-bond acceptors (Lipinski definition) is 2. The van der Waals surface area contributed by atoms with Crippen LogP contribution >= 0.6 is 11.6 Å². The number of carbonyl (C=O) groups is 2. The molecule has 2 aromatic carbocycles. The number of benzene rings is 2. The van der Waals surface area contributed by atoms with E-state index in [9.17, 15) is 9.59 Å². The van der Waals surface area contributed by atoms with Crippen LogP contribution in [0.4, 0.5) is 16.2 Å². The lowest BCUT2D eigenvalue weighted by molar-refractivity contribution is -0.120. The third-order valence-electron chi connectivity index (χ3n) is 4.15. The molecule has 1 aliphatic rings. The van der Waals surface area contributed by atoms with Gasteiger partial charge in [0.25, 0.3) is 0 Å². The highest BCUT2D eigenvalue weighted by Crippen LogP contribution is 2.23. The summed E-state index contributed by atoms with van der Waals surface area (Å²) in [6.07, 6.45) is 1.31. The Kier molecular flexibility index (Phi) is 4.71. The first kappa shape index (κ1) is 16.3. The van der Waals surface area contributed by atoms with Gasteiger partial charge in [-0.1, -0.05) is 29.8 Å². The normalized spacial score (nSPS) is 16.6. The fourth-order valence-electron chi connectivity index (χ4n) is 2.76. The fourth-order valence-corrected chi connectivity index (χ4v) is 2.88. The molecule has 2 aromatic rings. The van der Waals surface area contributed by atoms with Gasteiger partial charge < -0.3 is 15.5 Å². The molecule has 3 amide bonds. The average Bonchev–Trinajstić information content (AvgIpc) is 2.74. The van der Waals surface area contributed by atoms with Crippen LogP contribution in [0.15, 0.2) is 48.5 Å². The molecule has 0 radical (unpaired) electrons. The molecule has 0 saturated heterocycles. The molecule has 1 aliphatic heterocycles. The summed E-state index contributed by atoms with van der Waals surface area (Å²) < 4.78 is 0. The number of fused-ring (bicyclic) bond motifs is 1. The zero-order chi connectivity index (χ0) is 17.1. The number of rotatable bonds is 2. The molecule has 0 bridgehead atoms. The number of likely N-dealkylation sites (N-methyl/N-ethyl adjacent to an activating group) is 1. The van der Waals surface area contributed by atoms with Crippen LogP contribution in [0.5, 0.6) is 0 Å². The predicted octanol–water partition coefficient (Wildman–Crippen LogP) is 3.76. The molecule has 6 heteroatoms. The van der Waals surface area contributed by atoms with Crippen molar-refractivity contribution in [1.82, 2.24) is 4.90 Å². The molecule has 24 heavy (non-hydrogen) atoms. The number of nitrogens with zero attached hydrogens (tertiary/aromatic N) is 1. The van der Waals surface area contributed by atoms with Crippen molar-refractivity contribution in [3.05, 3.63) is 59.1 Å². The Morgan fingerprint density at radius 2 is 1.92 bits per heavy atom. The van der Waals surface area contributed by atoms with Crippen molar-refractivity contribution < 1.29 is 9.59 Å². The van der Waals surface area contributed by atoms with E-state index in [1.807, 2.05) is 24.3 Å². The van der Waals surface area contributed by atoms with Gasteiger partial charge in [0.1, 0.15) is 6.04 Å². The van der Waals surface area contributed by atoms with Crippen molar-refractivity contribution in [2.75, 3.05) is 17.7 Å². The molecular formula is C18H18ClN3O2. The standard InChI is InChI=1S/C18H18ClN3O2/c1-22(18(24)20-14-9-7-13(19)8-10-14)16-11-6-12-4-2-3-5-15(12)21-17(16)23/h2-5,7-10,16H,6,11H2,1H3,(H,20,24)(H,21,23)/t16-/m1/s1. The number of aryl methyl sites for hydroxylation is 1. The minimum atomic E-state index is -0.523. The second-order valence-corrected chi connectivity index (χ2v) is 6.19. The number of halogens is 1. The molecule has 0 aliphatic carbocycles. The van der Waals surface area contributed by atoms with Crippen LogP contribution < -0.4 is 10.6 Å². The lowest BCUT2D eigenvalue weighted by Gasteiger charge is -2.26. The van der Waals surface area contributed by atoms with Gasteiger partial charge >= 0.3 is 6.03 Å². The van der Waals surface area contributed by atoms with Gasteiger partial charge in [-0.05, 0) is 48.7 Å². The van der Waals surface area contributed by atoms with E-state index in [2.05, 4.69) is 10.6 Å². The molecule has 1 atom stereocenters. The zero-order valence-electron chi connectivity index (χ0n) is 13.3. The van der Waals surface area contributed by atoms with Gasteiger partial charge in [-0.3, -0.25) is 4.79 Å². The molecule has 0 spiro atoms. The minimum Gasteiger partial charge on any atom is -0.324 e. The molecule has 0 aromatic heterocycles. The molecule has 1 heterocycles. The van der Waals surface area contributed by atoms with Crippen LogP contribution in [0.1, 0.15) is 12.0 Å². The number of nitrogens with one attached hydrogen (secondary N) is 2. The summed E-state index contributed by atoms with van der Waals surface area (Å²) in [7, 11) is 1.63. The molecule has 0 saturated carbocycles. The smallest absolute Gasteiger partial charge is 0.322 e. The molecule has 0 fully saturated rings. The first-order chi connectivity index (χ1) is 11.5. The molecule has 124 valence electrons. The van der Waals surface area contributed by atoms with Gasteiger partial charge in [0, 0.05) is 23.4 Å². The summed E-state index contributed by atoms with van der Waals surface area (Å²) in [6.45, 7) is 0. The van der Waals surface area contributed by atoms with Gasteiger partial charge in [0.05, 0.1) is 0 Å². The summed E-state index contributed by atoms with van der Waals surface area (Å²) in [6, 6.07) is 13.7. The van der Waals surface area contributed by atoms with Crippen molar-refractivity contribution in [1.29, 1.82) is 0 Å². The van der Waals surface area contributed by atoms with E-state index in [0.29, 0.717) is 17.1 Å². The first-order valence-electron chi connectivity index (χ1n) is 7.73. The number of anilines is 2. The Morgan fingerprint density at radius 1 is 1.21 bits per heavy atom. The van der Waals surface area contributed by atoms with Crippen molar-refractivity contribution in [2.45, 2.75) is 18.9 Å². The number of urea groups is 1. The van der Waals surface area contributed by atoms with E-state index in [0.717, 1.165) is 17.7 Å². The maximum atomic E-state index is 12.5. The SMILES string of the molecule is CN(C(=O)Nc1ccc(Cl)cc1)[C@@H]1CCc2ccccc2NC1=O. The fraction of sp³-hybridized carbons (Fsp3) is 0.222. The van der Waals surface area contributed by atoms with Crippen LogP contribution in [0.25, 0.3) is 0 Å². The lowest BCUT2D eigenvalue weighted by Crippen LogP contribution is -2.46. The van der Waals surface area contributed by atoms with E-state index in [-0.39, 0.29) is 11.9 Å². The predicted molar refractivity (Wildman–Crippen MR) is 95.4 cm³/mol. The lowest BCUT2D eigenvalue weighted by atomic mass is 10.1. The maximum Gasteiger partial charge on any atom is 0.322 e. The summed E-state index contributed by atoms with van der Waals surface area (Å²) in [5.41, 5.74) is 2.53. The largest absolute Gasteiger partial charge is 0.324 e. The molecular weight excluding hydrogens is 326 g/mol. The Bertz CT molecular complexity index is 761. The number of amides is 3. The van der Waals surface area contributed by atoms with Gasteiger partial charge in [-0.15, -0.1) is 0 Å².